The molecule has 3 aliphatic heterocycles. The third-order valence-electron chi connectivity index (χ3n) is 13.9. The summed E-state index contributed by atoms with van der Waals surface area (Å²) in [6.45, 7) is 14.8. The predicted molar refractivity (Wildman–Crippen MR) is 239 cm³/mol. The minimum atomic E-state index is -0.711. The molecular weight excluding hydrogens is 920 g/mol. The Balaban J connectivity index is 0.000000179. The van der Waals surface area contributed by atoms with Crippen molar-refractivity contribution >= 4 is 48.0 Å². The number of hydroxylamine groups is 2. The van der Waals surface area contributed by atoms with Gasteiger partial charge in [0, 0.05) is 56.6 Å². The van der Waals surface area contributed by atoms with E-state index in [1.165, 1.54) is 14.2 Å². The molecule has 3 amide bonds. The Morgan fingerprint density at radius 2 is 1.16 bits per heavy atom. The first kappa shape index (κ1) is 53.9. The van der Waals surface area contributed by atoms with Crippen molar-refractivity contribution in [3.05, 3.63) is 59.7 Å². The van der Waals surface area contributed by atoms with Crippen molar-refractivity contribution in [2.45, 2.75) is 123 Å². The van der Waals surface area contributed by atoms with E-state index in [9.17, 15) is 46.3 Å². The maximum Gasteiger partial charge on any atom is 0.339 e. The van der Waals surface area contributed by atoms with Gasteiger partial charge in [-0.2, -0.15) is 0 Å². The van der Waals surface area contributed by atoms with E-state index in [1.807, 2.05) is 0 Å². The molecule has 3 heterocycles. The van der Waals surface area contributed by atoms with Gasteiger partial charge in [-0.1, -0.05) is 6.92 Å². The van der Waals surface area contributed by atoms with Crippen LogP contribution < -0.4 is 14.8 Å². The van der Waals surface area contributed by atoms with E-state index in [-0.39, 0.29) is 66.8 Å². The fraction of sp³-hybridized carbons (Fsp3) is 0.625. The van der Waals surface area contributed by atoms with E-state index in [2.05, 4.69) is 49.6 Å². The molecule has 0 aromatic heterocycles. The van der Waals surface area contributed by atoms with Crippen LogP contribution in [0.1, 0.15) is 98.8 Å². The van der Waals surface area contributed by atoms with Crippen LogP contribution in [0.25, 0.3) is 0 Å². The molecule has 20 heteroatoms. The van der Waals surface area contributed by atoms with Crippen LogP contribution in [0.5, 0.6) is 11.5 Å². The van der Waals surface area contributed by atoms with E-state index in [0.717, 1.165) is 55.9 Å². The summed E-state index contributed by atoms with van der Waals surface area (Å²) in [4.78, 5) is 79.6. The number of amides is 3. The number of carbonyl (C=O) groups excluding carboxylic acids is 6. The fourth-order valence-electron chi connectivity index (χ4n) is 10.6. The monoisotopic (exact) mass is 982 g/mol. The van der Waals surface area contributed by atoms with Crippen LogP contribution in [0.15, 0.2) is 36.4 Å². The Kier molecular flexibility index (Phi) is 17.2. The number of hydrogen-bond acceptors (Lipinski definition) is 13. The maximum atomic E-state index is 13.7. The molecule has 2 aromatic rings. The van der Waals surface area contributed by atoms with Gasteiger partial charge in [-0.15, -0.1) is 17.5 Å². The predicted octanol–water partition coefficient (Wildman–Crippen LogP) is 6.48. The van der Waals surface area contributed by atoms with Crippen molar-refractivity contribution in [1.29, 1.82) is 0 Å². The van der Waals surface area contributed by atoms with Crippen LogP contribution in [-0.4, -0.2) is 122 Å². The number of halogens is 5. The zero-order valence-electron chi connectivity index (χ0n) is 39.6. The zero-order chi connectivity index (χ0) is 49.1. The summed E-state index contributed by atoms with van der Waals surface area (Å²) in [5, 5.41) is 3.63. The molecule has 3 saturated heterocycles. The molecule has 6 aliphatic carbocycles. The molecule has 0 radical (unpaired) electrons. The maximum absolute atomic E-state index is 13.7. The molecule has 9 aliphatic rings. The lowest BCUT2D eigenvalue weighted by molar-refractivity contribution is -0.253. The van der Waals surface area contributed by atoms with Crippen molar-refractivity contribution in [2.75, 3.05) is 46.9 Å². The molecule has 0 unspecified atom stereocenters. The summed E-state index contributed by atoms with van der Waals surface area (Å²) < 4.78 is 73.1. The Bertz CT molecular complexity index is 2150. The van der Waals surface area contributed by atoms with E-state index >= 15 is 0 Å². The van der Waals surface area contributed by atoms with Crippen molar-refractivity contribution in [3.8, 4) is 11.5 Å². The first-order valence-corrected chi connectivity index (χ1v) is 22.9. The molecule has 68 heavy (non-hydrogen) atoms. The molecule has 15 nitrogen and oxygen atoms in total. The van der Waals surface area contributed by atoms with E-state index in [4.69, 9.17) is 19.0 Å². The molecule has 11 rings (SSSR count). The highest BCUT2D eigenvalue weighted by molar-refractivity contribution is 6.02. The van der Waals surface area contributed by atoms with E-state index in [0.29, 0.717) is 81.7 Å². The molecule has 1 N–H and O–H groups in total. The Morgan fingerprint density at radius 1 is 0.706 bits per heavy atom. The smallest absolute Gasteiger partial charge is 0.339 e. The number of ether oxygens (including phenoxy) is 4. The zero-order valence-corrected chi connectivity index (χ0v) is 40.4. The van der Waals surface area contributed by atoms with Gasteiger partial charge in [-0.25, -0.2) is 22.4 Å². The van der Waals surface area contributed by atoms with E-state index < -0.39 is 62.7 Å². The minimum Gasteiger partial charge on any atom is -0.486 e. The summed E-state index contributed by atoms with van der Waals surface area (Å²) in [6, 6.07) is 7.69. The topological polar surface area (TPSA) is 170 Å². The van der Waals surface area contributed by atoms with Gasteiger partial charge in [0.2, 0.25) is 5.91 Å². The second kappa shape index (κ2) is 21.7. The number of nitrogens with one attached hydrogen (secondary N) is 1. The highest BCUT2D eigenvalue weighted by atomic mass is 35.5. The van der Waals surface area contributed by atoms with Crippen LogP contribution in [-0.2, 0) is 43.1 Å². The molecule has 2 atom stereocenters. The largest absolute Gasteiger partial charge is 0.486 e. The Hall–Kier alpha value is -5.01. The molecule has 6 saturated carbocycles. The van der Waals surface area contributed by atoms with Crippen molar-refractivity contribution < 1.29 is 70.1 Å². The molecule has 2 aromatic carbocycles. The quantitative estimate of drug-likeness (QED) is 0.140. The summed E-state index contributed by atoms with van der Waals surface area (Å²) in [5.74, 6) is -4.40. The Morgan fingerprint density at radius 3 is 1.57 bits per heavy atom. The molecular formula is C48H63ClF4N4O11. The molecule has 4 bridgehead atoms. The lowest BCUT2D eigenvalue weighted by Gasteiger charge is -2.67. The number of rotatable bonds is 12. The summed E-state index contributed by atoms with van der Waals surface area (Å²) in [6.07, 6.45) is 3.91. The lowest BCUT2D eigenvalue weighted by Crippen LogP contribution is -2.70. The average Bonchev–Trinajstić information content (AvgIpc) is 3.99. The van der Waals surface area contributed by atoms with E-state index in [1.54, 1.807) is 4.90 Å². The summed E-state index contributed by atoms with van der Waals surface area (Å²) in [5.41, 5.74) is -2.15. The van der Waals surface area contributed by atoms with Crippen LogP contribution in [0, 0.1) is 44.9 Å². The van der Waals surface area contributed by atoms with Crippen LogP contribution >= 0.6 is 12.4 Å². The first-order valence-electron chi connectivity index (χ1n) is 22.9. The highest BCUT2D eigenvalue weighted by Gasteiger charge is 2.77. The van der Waals surface area contributed by atoms with Crippen LogP contribution in [0.2, 0.25) is 0 Å². The fourth-order valence-corrected chi connectivity index (χ4v) is 10.6. The number of esters is 2. The van der Waals surface area contributed by atoms with Gasteiger partial charge in [-0.05, 0) is 110 Å². The van der Waals surface area contributed by atoms with Gasteiger partial charge >= 0.3 is 17.9 Å². The van der Waals surface area contributed by atoms with Gasteiger partial charge in [0.1, 0.15) is 23.8 Å². The SMILES string of the molecule is CCN(C(C)C)C(C)C.COC(=O)C12CC(C(=O)N3CC[C@@H](Oc4cc(F)ccc4F)C3)(C1)C2.COC(=O)C12CC(C(=O)ON3C(=O)CCC3=O)(C1)C2.Cl.Fc1ccc(F)c(O[C@@H]2CCNC2)c1. The lowest BCUT2D eigenvalue weighted by atomic mass is 9.34. The van der Waals surface area contributed by atoms with Gasteiger partial charge in [0.15, 0.2) is 23.1 Å². The summed E-state index contributed by atoms with van der Waals surface area (Å²) >= 11 is 0. The van der Waals surface area contributed by atoms with Crippen LogP contribution in [0.4, 0.5) is 17.6 Å². The van der Waals surface area contributed by atoms with Gasteiger partial charge in [0.25, 0.3) is 11.8 Å². The number of benzene rings is 2. The normalized spacial score (nSPS) is 27.9. The number of methoxy groups -OCH3 is 2. The third kappa shape index (κ3) is 11.2. The highest BCUT2D eigenvalue weighted by Crippen LogP contribution is 2.75. The van der Waals surface area contributed by atoms with Crippen molar-refractivity contribution in [3.63, 3.8) is 0 Å². The van der Waals surface area contributed by atoms with Gasteiger partial charge < -0.3 is 34.0 Å². The van der Waals surface area contributed by atoms with Crippen molar-refractivity contribution in [1.82, 2.24) is 20.2 Å². The van der Waals surface area contributed by atoms with Crippen molar-refractivity contribution in [2.24, 2.45) is 21.7 Å². The summed E-state index contributed by atoms with van der Waals surface area (Å²) in [7, 11) is 2.68. The van der Waals surface area contributed by atoms with Gasteiger partial charge in [-0.3, -0.25) is 28.9 Å². The Labute approximate surface area is 400 Å². The molecule has 376 valence electrons. The number of imide groups is 1. The number of likely N-dealkylation sites (tertiary alicyclic amines) is 1. The third-order valence-corrected chi connectivity index (χ3v) is 13.9. The second-order valence-electron chi connectivity index (χ2n) is 19.3. The minimum absolute atomic E-state index is 0. The number of carbonyl (C=O) groups is 6. The average molecular weight is 983 g/mol. The number of hydrogen-bond donors (Lipinski definition) is 1. The first-order chi connectivity index (χ1) is 31.6. The molecule has 9 fully saturated rings. The van der Waals surface area contributed by atoms with Gasteiger partial charge in [0.05, 0.1) is 42.4 Å². The van der Waals surface area contributed by atoms with Crippen LogP contribution in [0.3, 0.4) is 0 Å². The standard InChI is InChI=1S/C18H19F2NO4.C12H13NO6.C10H11F2NO.C8H19N.ClH/c1-24-16(23)18-8-17(9-18,10-18)15(22)21-5-4-12(7-21)25-14-6-11(19)2-3-13(14)20;1-18-9(16)11-4-12(5-11,6-11)10(17)19-13-7(14)2-3-8(13)15;11-7-1-2-9(12)10(5-7)14-8-3-4-13-6-8;1-6-9(7(2)3)8(4)5;/h2-3,6,12H,4-5,7-10H2,1H3;2-6H2,1H3;1-2,5,8,13H,3-4,6H2;7-8H,6H2,1-5H3;1H/t12-,17?,18?;;8-;;/m1.1../s1. The second-order valence-corrected chi connectivity index (χ2v) is 19.3. The molecule has 0 spiro atoms. The number of nitrogens with zero attached hydrogens (tertiary/aromatic N) is 3.